The van der Waals surface area contributed by atoms with E-state index in [1.165, 1.54) is 44.9 Å². The maximum Gasteiger partial charge on any atom is 0.414 e. The molecular formula is C32H52N6O5. The lowest BCUT2D eigenvalue weighted by molar-refractivity contribution is -0.139. The summed E-state index contributed by atoms with van der Waals surface area (Å²) < 4.78 is 10.7. The summed E-state index contributed by atoms with van der Waals surface area (Å²) >= 11 is 0. The van der Waals surface area contributed by atoms with E-state index in [0.717, 1.165) is 24.8 Å². The lowest BCUT2D eigenvalue weighted by atomic mass is 9.95. The Morgan fingerprint density at radius 2 is 1.67 bits per heavy atom. The molecule has 11 nitrogen and oxygen atoms in total. The van der Waals surface area contributed by atoms with Crippen LogP contribution in [0, 0.1) is 0 Å². The van der Waals surface area contributed by atoms with E-state index in [2.05, 4.69) is 27.5 Å². The first-order valence-electron chi connectivity index (χ1n) is 15.8. The molecule has 0 fully saturated rings. The van der Waals surface area contributed by atoms with Crippen molar-refractivity contribution in [1.29, 1.82) is 0 Å². The average Bonchev–Trinajstić information content (AvgIpc) is 3.00. The molecule has 0 aliphatic carbocycles. The number of aliphatic hydroxyl groups is 1. The van der Waals surface area contributed by atoms with Gasteiger partial charge in [-0.25, -0.2) is 14.6 Å². The largest absolute Gasteiger partial charge is 0.462 e. The fourth-order valence-corrected chi connectivity index (χ4v) is 4.82. The molecule has 7 N–H and O–H groups in total. The number of hydrogen-bond acceptors (Lipinski definition) is 9. The number of nitrogens with zero attached hydrogens (tertiary/aromatic N) is 2. The van der Waals surface area contributed by atoms with Crippen molar-refractivity contribution in [3.63, 3.8) is 0 Å². The quantitative estimate of drug-likeness (QED) is 0.0580. The second-order valence-electron chi connectivity index (χ2n) is 10.8. The van der Waals surface area contributed by atoms with Crippen molar-refractivity contribution in [2.24, 2.45) is 21.5 Å². The van der Waals surface area contributed by atoms with Crippen LogP contribution in [0.25, 0.3) is 0 Å². The van der Waals surface area contributed by atoms with Gasteiger partial charge in [0.1, 0.15) is 6.61 Å². The van der Waals surface area contributed by atoms with E-state index in [9.17, 15) is 14.7 Å². The molecule has 1 aromatic carbocycles. The second kappa shape index (κ2) is 22.0. The molecule has 0 bridgehead atoms. The minimum Gasteiger partial charge on any atom is -0.462 e. The molecule has 0 aromatic heterocycles. The van der Waals surface area contributed by atoms with E-state index in [1.807, 2.05) is 30.3 Å². The summed E-state index contributed by atoms with van der Waals surface area (Å²) in [6, 6.07) is 8.97. The number of ether oxygens (including phenoxy) is 2. The van der Waals surface area contributed by atoms with Crippen LogP contribution in [0.2, 0.25) is 0 Å². The number of hydrogen-bond donors (Lipinski definition) is 5. The molecule has 1 aromatic rings. The topological polar surface area (TPSA) is 174 Å². The molecule has 1 atom stereocenters. The highest BCUT2D eigenvalue weighted by Gasteiger charge is 2.29. The smallest absolute Gasteiger partial charge is 0.414 e. The maximum absolute atomic E-state index is 13.2. The van der Waals surface area contributed by atoms with Gasteiger partial charge < -0.3 is 31.4 Å². The van der Waals surface area contributed by atoms with Crippen LogP contribution in [-0.2, 0) is 20.9 Å². The van der Waals surface area contributed by atoms with E-state index in [-0.39, 0.29) is 31.8 Å². The van der Waals surface area contributed by atoms with Gasteiger partial charge in [-0.3, -0.25) is 10.3 Å². The number of nitrogens with one attached hydrogen (secondary N) is 2. The Hall–Kier alpha value is -3.60. The van der Waals surface area contributed by atoms with Gasteiger partial charge in [0.15, 0.2) is 11.9 Å². The highest BCUT2D eigenvalue weighted by Crippen LogP contribution is 2.25. The summed E-state index contributed by atoms with van der Waals surface area (Å²) in [5.74, 6) is -0.154. The second-order valence-corrected chi connectivity index (χ2v) is 10.8. The van der Waals surface area contributed by atoms with Crippen LogP contribution in [0.15, 0.2) is 51.6 Å². The number of aliphatic imine (C=N–C) groups is 2. The Bertz CT molecular complexity index is 1040. The fraction of sp³-hybridized carbons (Fsp3) is 0.625. The number of unbranched alkanes of at least 4 members (excludes halogenated alkanes) is 9. The average molecular weight is 601 g/mol. The lowest BCUT2D eigenvalue weighted by Gasteiger charge is -2.26. The maximum atomic E-state index is 13.2. The molecule has 1 aliphatic heterocycles. The van der Waals surface area contributed by atoms with Crippen LogP contribution >= 0.6 is 0 Å². The number of guanidine groups is 2. The summed E-state index contributed by atoms with van der Waals surface area (Å²) in [4.78, 5) is 33.7. The van der Waals surface area contributed by atoms with Gasteiger partial charge in [0.2, 0.25) is 0 Å². The molecule has 1 unspecified atom stereocenters. The van der Waals surface area contributed by atoms with E-state index in [0.29, 0.717) is 49.5 Å². The Kier molecular flexibility index (Phi) is 18.2. The van der Waals surface area contributed by atoms with Gasteiger partial charge in [0.25, 0.3) is 0 Å². The molecule has 1 heterocycles. The van der Waals surface area contributed by atoms with Crippen molar-refractivity contribution in [3.8, 4) is 0 Å². The predicted octanol–water partition coefficient (Wildman–Crippen LogP) is 4.78. The number of allylic oxidation sites excluding steroid dienone is 1. The summed E-state index contributed by atoms with van der Waals surface area (Å²) in [5, 5.41) is 14.8. The number of aliphatic hydroxyl groups excluding tert-OH is 1. The van der Waals surface area contributed by atoms with E-state index < -0.39 is 12.1 Å². The minimum absolute atomic E-state index is 0.0106. The molecule has 1 amide bonds. The van der Waals surface area contributed by atoms with Crippen LogP contribution in [0.4, 0.5) is 4.79 Å². The molecule has 240 valence electrons. The van der Waals surface area contributed by atoms with Gasteiger partial charge in [-0.15, -0.1) is 0 Å². The summed E-state index contributed by atoms with van der Waals surface area (Å²) in [6.45, 7) is 2.94. The molecular weight excluding hydrogens is 548 g/mol. The molecule has 2 rings (SSSR count). The van der Waals surface area contributed by atoms with Crippen molar-refractivity contribution in [2.45, 2.75) is 109 Å². The van der Waals surface area contributed by atoms with Crippen molar-refractivity contribution in [3.05, 3.63) is 47.2 Å². The van der Waals surface area contributed by atoms with Crippen LogP contribution < -0.4 is 22.1 Å². The van der Waals surface area contributed by atoms with Gasteiger partial charge >= 0.3 is 12.1 Å². The first kappa shape index (κ1) is 35.6. The van der Waals surface area contributed by atoms with Gasteiger partial charge in [0, 0.05) is 18.8 Å². The van der Waals surface area contributed by atoms with Crippen molar-refractivity contribution >= 4 is 24.0 Å². The van der Waals surface area contributed by atoms with Gasteiger partial charge in [-0.05, 0) is 37.7 Å². The molecule has 0 saturated carbocycles. The summed E-state index contributed by atoms with van der Waals surface area (Å²) in [5.41, 5.74) is 13.9. The third-order valence-corrected chi connectivity index (χ3v) is 7.13. The SMILES string of the molecule is CCCCCCCCCCCC1N=C(N)NC(CCCO)=C1C(=O)OCCCCN=C(N)NC(=O)OCc1ccccc1. The molecule has 43 heavy (non-hydrogen) atoms. The summed E-state index contributed by atoms with van der Waals surface area (Å²) in [6.07, 6.45) is 13.1. The number of esters is 1. The fourth-order valence-electron chi connectivity index (χ4n) is 4.82. The van der Waals surface area contributed by atoms with E-state index >= 15 is 0 Å². The van der Waals surface area contributed by atoms with E-state index in [1.54, 1.807) is 0 Å². The number of benzene rings is 1. The van der Waals surface area contributed by atoms with Crippen LogP contribution in [0.5, 0.6) is 0 Å². The van der Waals surface area contributed by atoms with Gasteiger partial charge in [-0.2, -0.15) is 0 Å². The Morgan fingerprint density at radius 3 is 2.37 bits per heavy atom. The zero-order valence-electron chi connectivity index (χ0n) is 25.8. The third kappa shape index (κ3) is 15.4. The molecule has 11 heteroatoms. The first-order chi connectivity index (χ1) is 20.9. The number of nitrogens with two attached hydrogens (primary N) is 2. The van der Waals surface area contributed by atoms with Crippen molar-refractivity contribution < 1.29 is 24.2 Å². The van der Waals surface area contributed by atoms with E-state index in [4.69, 9.17) is 20.9 Å². The Morgan fingerprint density at radius 1 is 0.977 bits per heavy atom. The number of carbonyl (C=O) groups is 2. The Balaban J connectivity index is 1.75. The highest BCUT2D eigenvalue weighted by atomic mass is 16.5. The standard InChI is InChI=1S/C32H52N6O5/c1-2-3-4-5-6-7-8-9-13-19-26-28(27(20-16-22-39)37-31(34)36-26)29(40)42-23-15-14-21-35-30(33)38-32(41)43-24-25-17-11-10-12-18-25/h10-12,17-18,26,39H,2-9,13-16,19-24H2,1H3,(H3,34,36,37)(H3,33,35,38,41). The number of rotatable bonds is 21. The predicted molar refractivity (Wildman–Crippen MR) is 170 cm³/mol. The zero-order chi connectivity index (χ0) is 31.1. The molecule has 0 radical (unpaired) electrons. The van der Waals surface area contributed by atoms with Crippen molar-refractivity contribution in [1.82, 2.24) is 10.6 Å². The third-order valence-electron chi connectivity index (χ3n) is 7.13. The highest BCUT2D eigenvalue weighted by molar-refractivity contribution is 5.94. The van der Waals surface area contributed by atoms with Crippen LogP contribution in [0.1, 0.15) is 102 Å². The van der Waals surface area contributed by atoms with Gasteiger partial charge in [0.05, 0.1) is 18.2 Å². The molecule has 0 spiro atoms. The summed E-state index contributed by atoms with van der Waals surface area (Å²) in [7, 11) is 0. The number of amides is 1. The first-order valence-corrected chi connectivity index (χ1v) is 15.8. The Labute approximate surface area is 256 Å². The van der Waals surface area contributed by atoms with Crippen molar-refractivity contribution in [2.75, 3.05) is 19.8 Å². The monoisotopic (exact) mass is 600 g/mol. The number of carbonyl (C=O) groups excluding carboxylic acids is 2. The molecule has 1 aliphatic rings. The normalized spacial score (nSPS) is 15.1. The van der Waals surface area contributed by atoms with Gasteiger partial charge in [-0.1, -0.05) is 95.0 Å². The molecule has 0 saturated heterocycles. The zero-order valence-corrected chi connectivity index (χ0v) is 25.8. The number of alkyl carbamates (subject to hydrolysis) is 1. The van der Waals surface area contributed by atoms with Crippen LogP contribution in [0.3, 0.4) is 0 Å². The van der Waals surface area contributed by atoms with Crippen LogP contribution in [-0.4, -0.2) is 54.9 Å². The lowest BCUT2D eigenvalue weighted by Crippen LogP contribution is -2.40. The minimum atomic E-state index is -0.675.